The summed E-state index contributed by atoms with van der Waals surface area (Å²) in [6, 6.07) is 8.78. The molecule has 1 amide bonds. The number of amides is 1. The van der Waals surface area contributed by atoms with Gasteiger partial charge in [-0.05, 0) is 36.5 Å². The predicted octanol–water partition coefficient (Wildman–Crippen LogP) is 1.49. The predicted molar refractivity (Wildman–Crippen MR) is 105 cm³/mol. The van der Waals surface area contributed by atoms with Crippen molar-refractivity contribution >= 4 is 23.2 Å². The largest absolute Gasteiger partial charge is 0.427 e. The van der Waals surface area contributed by atoms with Crippen LogP contribution in [0.25, 0.3) is 0 Å². The van der Waals surface area contributed by atoms with E-state index in [2.05, 4.69) is 28.2 Å². The molecule has 0 radical (unpaired) electrons. The first-order chi connectivity index (χ1) is 13.0. The molecule has 3 atom stereocenters. The molecule has 27 heavy (non-hydrogen) atoms. The third kappa shape index (κ3) is 3.25. The van der Waals surface area contributed by atoms with Crippen LogP contribution >= 0.6 is 11.6 Å². The van der Waals surface area contributed by atoms with E-state index in [1.165, 1.54) is 18.4 Å². The van der Waals surface area contributed by atoms with Crippen LogP contribution in [-0.4, -0.2) is 53.5 Å². The normalized spacial score (nSPS) is 32.8. The van der Waals surface area contributed by atoms with Gasteiger partial charge in [-0.15, -0.1) is 0 Å². The summed E-state index contributed by atoms with van der Waals surface area (Å²) in [4.78, 5) is 12.7. The van der Waals surface area contributed by atoms with Crippen molar-refractivity contribution in [2.24, 2.45) is 5.92 Å². The molecule has 3 fully saturated rings. The maximum Gasteiger partial charge on any atom is 0.274 e. The second-order valence-corrected chi connectivity index (χ2v) is 8.81. The highest BCUT2D eigenvalue weighted by atomic mass is 35.5. The zero-order valence-electron chi connectivity index (χ0n) is 15.5. The van der Waals surface area contributed by atoms with E-state index in [4.69, 9.17) is 16.3 Å². The van der Waals surface area contributed by atoms with Crippen molar-refractivity contribution < 1.29 is 9.53 Å². The van der Waals surface area contributed by atoms with Gasteiger partial charge < -0.3 is 15.5 Å². The Morgan fingerprint density at radius 2 is 2.15 bits per heavy atom. The van der Waals surface area contributed by atoms with Gasteiger partial charge in [-0.25, -0.2) is 5.01 Å². The van der Waals surface area contributed by atoms with E-state index in [9.17, 15) is 4.79 Å². The molecule has 2 saturated heterocycles. The number of morpholine rings is 1. The van der Waals surface area contributed by atoms with Crippen LogP contribution in [0.4, 0.5) is 5.69 Å². The fraction of sp³-hybridized carbons (Fsp3) is 0.550. The van der Waals surface area contributed by atoms with Crippen LogP contribution in [0.5, 0.6) is 0 Å². The first-order valence-electron chi connectivity index (χ1n) is 9.74. The Bertz CT molecular complexity index is 782. The van der Waals surface area contributed by atoms with Crippen molar-refractivity contribution in [2.75, 3.05) is 25.5 Å². The Balaban J connectivity index is 1.24. The molecular weight excluding hydrogens is 364 g/mol. The number of ether oxygens (including phenoxy) is 1. The molecule has 0 spiro atoms. The van der Waals surface area contributed by atoms with Crippen molar-refractivity contribution in [2.45, 2.75) is 43.4 Å². The van der Waals surface area contributed by atoms with Crippen LogP contribution in [0, 0.1) is 5.92 Å². The number of rotatable bonds is 5. The van der Waals surface area contributed by atoms with E-state index in [0.29, 0.717) is 22.7 Å². The minimum atomic E-state index is -0.185. The van der Waals surface area contributed by atoms with E-state index in [-0.39, 0.29) is 17.6 Å². The fourth-order valence-corrected chi connectivity index (χ4v) is 5.12. The van der Waals surface area contributed by atoms with Crippen molar-refractivity contribution in [3.05, 3.63) is 40.6 Å². The Labute approximate surface area is 164 Å². The standard InChI is InChI=1S/C20H25ClN4O2/c1-25-18(13-4-5-13)16(21)17(24-25)19(26)23-14-6-2-12(3-7-14)8-20-9-15(10-27-20)22-11-20/h2-3,6-7,13,15,18,22,24H,4-5,8-11H2,1H3,(H,23,26)/p+1/t15-,18?,20-/m0/s1. The lowest BCUT2D eigenvalue weighted by molar-refractivity contribution is -0.149. The number of nitrogens with zero attached hydrogens (tertiary/aromatic N) is 1. The van der Waals surface area contributed by atoms with Gasteiger partial charge in [-0.3, -0.25) is 10.1 Å². The number of carbonyl (C=O) groups is 1. The molecule has 2 bridgehead atoms. The number of hydrogen-bond donors (Lipinski definition) is 3. The second-order valence-electron chi connectivity index (χ2n) is 8.40. The summed E-state index contributed by atoms with van der Waals surface area (Å²) in [6.45, 7) is 1.91. The van der Waals surface area contributed by atoms with Crippen LogP contribution in [0.2, 0.25) is 0 Å². The molecule has 144 valence electrons. The smallest absolute Gasteiger partial charge is 0.274 e. The zero-order valence-corrected chi connectivity index (χ0v) is 16.2. The summed E-state index contributed by atoms with van der Waals surface area (Å²) in [5.41, 5.74) is 5.70. The van der Waals surface area contributed by atoms with Gasteiger partial charge in [-0.2, -0.15) is 0 Å². The first-order valence-corrected chi connectivity index (χ1v) is 10.1. The van der Waals surface area contributed by atoms with Gasteiger partial charge in [0.05, 0.1) is 23.7 Å². The number of nitrogens with one attached hydrogen (secondary N) is 3. The van der Waals surface area contributed by atoms with Crippen molar-refractivity contribution in [3.63, 3.8) is 0 Å². The van der Waals surface area contributed by atoms with E-state index < -0.39 is 0 Å². The van der Waals surface area contributed by atoms with E-state index >= 15 is 0 Å². The summed E-state index contributed by atoms with van der Waals surface area (Å²) in [7, 11) is 1.94. The summed E-state index contributed by atoms with van der Waals surface area (Å²) in [6.07, 6.45) is 4.44. The SMILES string of the molecule is CN1NC(C(=O)Nc2ccc(C[C@]34CN[C@H](C[OH+]3)C4)cc2)=C(Cl)C1C1CC1. The fourth-order valence-electron chi connectivity index (χ4n) is 4.67. The number of halogens is 1. The average molecular weight is 390 g/mol. The van der Waals surface area contributed by atoms with Crippen molar-refractivity contribution in [1.82, 2.24) is 15.8 Å². The zero-order chi connectivity index (χ0) is 18.6. The quantitative estimate of drug-likeness (QED) is 0.667. The lowest BCUT2D eigenvalue weighted by Crippen LogP contribution is -2.43. The molecule has 1 unspecified atom stereocenters. The molecule has 4 aliphatic rings. The number of anilines is 1. The van der Waals surface area contributed by atoms with Gasteiger partial charge in [0.25, 0.3) is 5.91 Å². The third-order valence-electron chi connectivity index (χ3n) is 6.24. The molecule has 1 aromatic rings. The van der Waals surface area contributed by atoms with Gasteiger partial charge in [0.1, 0.15) is 5.70 Å². The van der Waals surface area contributed by atoms with E-state index in [1.54, 1.807) is 0 Å². The molecule has 6 nitrogen and oxygen atoms in total. The van der Waals surface area contributed by atoms with Crippen LogP contribution in [0.1, 0.15) is 24.8 Å². The summed E-state index contributed by atoms with van der Waals surface area (Å²) in [5.74, 6) is 0.375. The molecular formula is C20H26ClN4O2+. The monoisotopic (exact) mass is 389 g/mol. The Morgan fingerprint density at radius 3 is 2.74 bits per heavy atom. The third-order valence-corrected chi connectivity index (χ3v) is 6.65. The molecule has 3 aliphatic heterocycles. The van der Waals surface area contributed by atoms with Crippen LogP contribution in [-0.2, 0) is 11.2 Å². The van der Waals surface area contributed by atoms with Crippen molar-refractivity contribution in [3.8, 4) is 0 Å². The number of carbonyl (C=O) groups excluding carboxylic acids is 1. The second kappa shape index (κ2) is 6.48. The number of hydrazine groups is 1. The van der Waals surface area contributed by atoms with Crippen molar-refractivity contribution in [1.29, 1.82) is 0 Å². The highest BCUT2D eigenvalue weighted by Crippen LogP contribution is 2.42. The number of aliphatic hydroxyl groups is 2. The maximum absolute atomic E-state index is 12.7. The lowest BCUT2D eigenvalue weighted by atomic mass is 9.93. The Morgan fingerprint density at radius 1 is 1.37 bits per heavy atom. The maximum atomic E-state index is 12.7. The Hall–Kier alpha value is -1.60. The van der Waals surface area contributed by atoms with Gasteiger partial charge >= 0.3 is 0 Å². The number of benzene rings is 1. The van der Waals surface area contributed by atoms with Gasteiger partial charge in [0.15, 0.2) is 12.2 Å². The molecule has 0 aromatic heterocycles. The molecule has 1 aromatic carbocycles. The minimum Gasteiger partial charge on any atom is -0.427 e. The average Bonchev–Trinajstić information content (AvgIpc) is 3.17. The molecule has 7 heteroatoms. The molecule has 3 heterocycles. The van der Waals surface area contributed by atoms with Gasteiger partial charge in [0.2, 0.25) is 0 Å². The Kier molecular flexibility index (Phi) is 4.20. The summed E-state index contributed by atoms with van der Waals surface area (Å²) >= 11 is 6.49. The van der Waals surface area contributed by atoms with Gasteiger partial charge in [-0.1, -0.05) is 23.7 Å². The molecule has 4 N–H and O–H groups in total. The highest BCUT2D eigenvalue weighted by Gasteiger charge is 2.51. The molecule has 1 saturated carbocycles. The molecule has 1 aliphatic carbocycles. The number of fused-ring (bicyclic) bond motifs is 2. The minimum absolute atomic E-state index is 0.0734. The van der Waals surface area contributed by atoms with Crippen LogP contribution < -0.4 is 16.1 Å². The first kappa shape index (κ1) is 17.5. The van der Waals surface area contributed by atoms with E-state index in [1.807, 2.05) is 24.2 Å². The van der Waals surface area contributed by atoms with Crippen LogP contribution in [0.3, 0.4) is 0 Å². The molecule has 5 rings (SSSR count). The lowest BCUT2D eigenvalue weighted by Gasteiger charge is -2.23. The highest BCUT2D eigenvalue weighted by molar-refractivity contribution is 6.33. The number of likely N-dealkylation sites (N-methyl/N-ethyl adjacent to an activating group) is 1. The summed E-state index contributed by atoms with van der Waals surface area (Å²) < 4.78 is 4.83. The van der Waals surface area contributed by atoms with E-state index in [0.717, 1.165) is 31.7 Å². The van der Waals surface area contributed by atoms with Crippen LogP contribution in [0.15, 0.2) is 35.0 Å². The summed E-state index contributed by atoms with van der Waals surface area (Å²) in [5, 5.41) is 9.07. The topological polar surface area (TPSA) is 69.2 Å². The van der Waals surface area contributed by atoms with Gasteiger partial charge in [0, 0.05) is 25.6 Å². The number of hydrogen-bond acceptors (Lipinski definition) is 4.